The predicted octanol–water partition coefficient (Wildman–Crippen LogP) is 0.888. The van der Waals surface area contributed by atoms with E-state index in [-0.39, 0.29) is 44.2 Å². The zero-order chi connectivity index (χ0) is 26.6. The van der Waals surface area contributed by atoms with Crippen LogP contribution < -0.4 is 0 Å². The van der Waals surface area contributed by atoms with Crippen molar-refractivity contribution in [1.82, 2.24) is 24.8 Å². The molecule has 2 fully saturated rings. The van der Waals surface area contributed by atoms with Gasteiger partial charge in [-0.3, -0.25) is 14.4 Å². The molecule has 2 saturated heterocycles. The van der Waals surface area contributed by atoms with E-state index in [4.69, 9.17) is 9.47 Å². The highest BCUT2D eigenvalue weighted by molar-refractivity contribution is 5.99. The number of fused-ring (bicyclic) bond motifs is 3. The molecule has 5 heterocycles. The number of cyclic esters (lactones) is 1. The molecule has 0 bridgehead atoms. The molecule has 38 heavy (non-hydrogen) atoms. The van der Waals surface area contributed by atoms with Crippen molar-refractivity contribution >= 4 is 28.8 Å². The summed E-state index contributed by atoms with van der Waals surface area (Å²) < 4.78 is 13.7. The first kappa shape index (κ1) is 24.7. The summed E-state index contributed by atoms with van der Waals surface area (Å²) in [5.41, 5.74) is 0.110. The van der Waals surface area contributed by atoms with Crippen LogP contribution in [-0.2, 0) is 30.5 Å². The molecule has 1 spiro atoms. The number of benzene rings is 1. The van der Waals surface area contributed by atoms with Crippen LogP contribution in [0.2, 0.25) is 0 Å². The van der Waals surface area contributed by atoms with Crippen LogP contribution in [0.25, 0.3) is 11.0 Å². The third kappa shape index (κ3) is 3.59. The molecule has 6 atom stereocenters. The number of rotatable bonds is 5. The fraction of sp³-hybridized carbons (Fsp3) is 0.519. The number of aromatic nitrogens is 3. The topological polar surface area (TPSA) is 127 Å². The molecule has 2 amide bonds. The van der Waals surface area contributed by atoms with Gasteiger partial charge in [-0.25, -0.2) is 4.68 Å². The molecule has 1 unspecified atom stereocenters. The Kier molecular flexibility index (Phi) is 6.07. The highest BCUT2D eigenvalue weighted by Gasteiger charge is 2.72. The summed E-state index contributed by atoms with van der Waals surface area (Å²) >= 11 is 0. The van der Waals surface area contributed by atoms with Crippen molar-refractivity contribution < 1.29 is 29.0 Å². The summed E-state index contributed by atoms with van der Waals surface area (Å²) in [7, 11) is 0. The molecule has 1 aromatic carbocycles. The third-order valence-electron chi connectivity index (χ3n) is 8.18. The van der Waals surface area contributed by atoms with E-state index in [1.165, 1.54) is 4.90 Å². The normalized spacial score (nSPS) is 31.6. The third-order valence-corrected chi connectivity index (χ3v) is 8.18. The number of hydrogen-bond donors (Lipinski definition) is 1. The van der Waals surface area contributed by atoms with Crippen molar-refractivity contribution in [2.45, 2.75) is 50.7 Å². The number of nitrogens with zero attached hydrogens (tertiary/aromatic N) is 5. The highest BCUT2D eigenvalue weighted by Crippen LogP contribution is 2.54. The first-order valence-corrected chi connectivity index (χ1v) is 13.1. The van der Waals surface area contributed by atoms with Gasteiger partial charge in [0.05, 0.1) is 36.8 Å². The number of esters is 1. The number of aliphatic hydroxyl groups is 1. The van der Waals surface area contributed by atoms with Crippen LogP contribution in [0, 0.1) is 17.8 Å². The zero-order valence-electron chi connectivity index (χ0n) is 21.3. The summed E-state index contributed by atoms with van der Waals surface area (Å²) in [6.45, 7) is 4.04. The first-order valence-electron chi connectivity index (χ1n) is 13.1. The van der Waals surface area contributed by atoms with Crippen molar-refractivity contribution in [1.29, 1.82) is 0 Å². The van der Waals surface area contributed by atoms with E-state index in [9.17, 15) is 19.5 Å². The highest BCUT2D eigenvalue weighted by atomic mass is 16.6. The lowest BCUT2D eigenvalue weighted by Crippen LogP contribution is -2.59. The Morgan fingerprint density at radius 3 is 2.76 bits per heavy atom. The van der Waals surface area contributed by atoms with Crippen LogP contribution in [-0.4, -0.2) is 91.2 Å². The van der Waals surface area contributed by atoms with E-state index in [2.05, 4.69) is 10.3 Å². The molecule has 0 radical (unpaired) electrons. The molecule has 1 aromatic heterocycles. The molecule has 0 saturated carbocycles. The van der Waals surface area contributed by atoms with Gasteiger partial charge >= 0.3 is 5.97 Å². The van der Waals surface area contributed by atoms with Crippen LogP contribution in [0.3, 0.4) is 0 Å². The molecular weight excluding hydrogens is 490 g/mol. The molecule has 11 heteroatoms. The first-order chi connectivity index (χ1) is 18.4. The quantitative estimate of drug-likeness (QED) is 0.454. The number of carbonyl (C=O) groups is 3. The molecule has 200 valence electrons. The van der Waals surface area contributed by atoms with Crippen LogP contribution in [0.4, 0.5) is 0 Å². The smallest absolute Gasteiger partial charge is 0.312 e. The molecule has 6 rings (SSSR count). The zero-order valence-corrected chi connectivity index (χ0v) is 21.3. The van der Waals surface area contributed by atoms with Gasteiger partial charge in [0, 0.05) is 6.54 Å². The maximum atomic E-state index is 14.4. The van der Waals surface area contributed by atoms with Gasteiger partial charge in [-0.1, -0.05) is 55.5 Å². The van der Waals surface area contributed by atoms with E-state index in [1.807, 2.05) is 50.3 Å². The Morgan fingerprint density at radius 2 is 1.97 bits per heavy atom. The SMILES string of the molecule is CC(C)[C@H](CO)N1C(=O)[C@@H]2[C@H]3C(=O)OCCC=C[C@H]3O[C@@]23C=CCN(Cn2nnc4ccccc42)C(=O)C13. The number of amides is 2. The lowest BCUT2D eigenvalue weighted by Gasteiger charge is -2.39. The van der Waals surface area contributed by atoms with Gasteiger partial charge in [0.1, 0.15) is 29.7 Å². The predicted molar refractivity (Wildman–Crippen MR) is 134 cm³/mol. The maximum absolute atomic E-state index is 14.4. The summed E-state index contributed by atoms with van der Waals surface area (Å²) in [4.78, 5) is 44.8. The summed E-state index contributed by atoms with van der Waals surface area (Å²) in [5, 5.41) is 18.8. The number of carbonyl (C=O) groups excluding carboxylic acids is 3. The molecule has 4 aliphatic heterocycles. The lowest BCUT2D eigenvalue weighted by atomic mass is 9.77. The molecule has 4 aliphatic rings. The van der Waals surface area contributed by atoms with E-state index in [1.54, 1.807) is 21.7 Å². The Labute approximate surface area is 219 Å². The number of ether oxygens (including phenoxy) is 2. The second-order valence-electron chi connectivity index (χ2n) is 10.6. The van der Waals surface area contributed by atoms with Gasteiger partial charge in [-0.15, -0.1) is 5.10 Å². The minimum absolute atomic E-state index is 0.114. The van der Waals surface area contributed by atoms with Crippen LogP contribution >= 0.6 is 0 Å². The van der Waals surface area contributed by atoms with Gasteiger partial charge in [0.2, 0.25) is 5.91 Å². The van der Waals surface area contributed by atoms with Gasteiger partial charge in [-0.2, -0.15) is 0 Å². The van der Waals surface area contributed by atoms with Crippen molar-refractivity contribution in [3.8, 4) is 0 Å². The number of para-hydroxylation sites is 1. The van der Waals surface area contributed by atoms with E-state index >= 15 is 0 Å². The Hall–Kier alpha value is -3.57. The summed E-state index contributed by atoms with van der Waals surface area (Å²) in [5.74, 6) is -3.21. The number of likely N-dealkylation sites (tertiary alicyclic amines) is 1. The summed E-state index contributed by atoms with van der Waals surface area (Å²) in [6, 6.07) is 5.77. The maximum Gasteiger partial charge on any atom is 0.312 e. The van der Waals surface area contributed by atoms with E-state index in [0.717, 1.165) is 5.52 Å². The fourth-order valence-corrected chi connectivity index (χ4v) is 6.38. The monoisotopic (exact) mass is 521 g/mol. The van der Waals surface area contributed by atoms with Crippen molar-refractivity contribution in [2.75, 3.05) is 19.8 Å². The lowest BCUT2D eigenvalue weighted by molar-refractivity contribution is -0.157. The van der Waals surface area contributed by atoms with Gasteiger partial charge in [-0.05, 0) is 24.5 Å². The average molecular weight is 522 g/mol. The minimum Gasteiger partial charge on any atom is -0.465 e. The van der Waals surface area contributed by atoms with Crippen LogP contribution in [0.15, 0.2) is 48.6 Å². The number of hydrogen-bond acceptors (Lipinski definition) is 8. The number of aliphatic hydroxyl groups excluding tert-OH is 1. The van der Waals surface area contributed by atoms with Crippen molar-refractivity contribution in [2.24, 2.45) is 17.8 Å². The van der Waals surface area contributed by atoms with Crippen molar-refractivity contribution in [3.05, 3.63) is 48.6 Å². The average Bonchev–Trinajstić information content (AvgIpc) is 3.48. The Balaban J connectivity index is 1.44. The van der Waals surface area contributed by atoms with Crippen LogP contribution in [0.5, 0.6) is 0 Å². The molecule has 1 N–H and O–H groups in total. The molecule has 2 aromatic rings. The molecule has 0 aliphatic carbocycles. The van der Waals surface area contributed by atoms with E-state index < -0.39 is 41.6 Å². The van der Waals surface area contributed by atoms with Crippen molar-refractivity contribution in [3.63, 3.8) is 0 Å². The second kappa shape index (κ2) is 9.32. The minimum atomic E-state index is -1.38. The van der Waals surface area contributed by atoms with Crippen LogP contribution in [0.1, 0.15) is 20.3 Å². The molecule has 11 nitrogen and oxygen atoms in total. The van der Waals surface area contributed by atoms with Gasteiger partial charge < -0.3 is 24.4 Å². The molecular formula is C27H31N5O6. The Morgan fingerprint density at radius 1 is 1.16 bits per heavy atom. The van der Waals surface area contributed by atoms with Gasteiger partial charge in [0.15, 0.2) is 0 Å². The second-order valence-corrected chi connectivity index (χ2v) is 10.6. The van der Waals surface area contributed by atoms with Gasteiger partial charge in [0.25, 0.3) is 5.91 Å². The fourth-order valence-electron chi connectivity index (χ4n) is 6.38. The standard InChI is InChI=1S/C27H31N5O6/c1-16(2)19(14-33)32-23-25(35)30(15-31-18-9-4-3-8-17(18)28-29-31)12-7-11-27(23)22(24(32)34)21-20(38-27)10-5-6-13-37-26(21)36/h3-5,7-11,16,19-23,33H,6,12-15H2,1-2H3/t19-,20+,21-,22-,23?,27-/m0/s1. The Bertz CT molecular complexity index is 1340. The summed E-state index contributed by atoms with van der Waals surface area (Å²) in [6.07, 6.45) is 7.14. The largest absolute Gasteiger partial charge is 0.465 e. The van der Waals surface area contributed by atoms with E-state index in [0.29, 0.717) is 11.9 Å².